The summed E-state index contributed by atoms with van der Waals surface area (Å²) in [5.41, 5.74) is 4.47. The molecule has 2 aromatic carbocycles. The van der Waals surface area contributed by atoms with Gasteiger partial charge in [-0.05, 0) is 42.2 Å². The molecule has 1 saturated carbocycles. The van der Waals surface area contributed by atoms with Crippen LogP contribution in [0.4, 0.5) is 0 Å². The molecule has 24 heavy (non-hydrogen) atoms. The van der Waals surface area contributed by atoms with Gasteiger partial charge in [0, 0.05) is 5.92 Å². The second-order valence-corrected chi connectivity index (χ2v) is 5.69. The molecule has 5 heteroatoms. The summed E-state index contributed by atoms with van der Waals surface area (Å²) in [5.74, 6) is 1.43. The summed E-state index contributed by atoms with van der Waals surface area (Å²) in [6.07, 6.45) is 3.52. The summed E-state index contributed by atoms with van der Waals surface area (Å²) >= 11 is 0. The minimum absolute atomic E-state index is 0.0129. The average molecular weight is 324 g/mol. The van der Waals surface area contributed by atoms with E-state index in [2.05, 4.69) is 10.5 Å². The largest absolute Gasteiger partial charge is 0.493 e. The minimum Gasteiger partial charge on any atom is -0.493 e. The van der Waals surface area contributed by atoms with Gasteiger partial charge in [-0.2, -0.15) is 5.10 Å². The lowest BCUT2D eigenvalue weighted by Crippen LogP contribution is -2.18. The number of methoxy groups -OCH3 is 1. The number of carbonyl (C=O) groups excluding carboxylic acids is 1. The van der Waals surface area contributed by atoms with E-state index < -0.39 is 0 Å². The smallest absolute Gasteiger partial charge is 0.243 e. The third-order valence-corrected chi connectivity index (χ3v) is 3.76. The molecule has 1 N–H and O–H groups in total. The Hall–Kier alpha value is -2.82. The predicted octanol–water partition coefficient (Wildman–Crippen LogP) is 3.13. The van der Waals surface area contributed by atoms with E-state index in [9.17, 15) is 4.79 Å². The van der Waals surface area contributed by atoms with E-state index in [-0.39, 0.29) is 11.8 Å². The fraction of sp³-hybridized carbons (Fsp3) is 0.263. The molecule has 0 saturated heterocycles. The third kappa shape index (κ3) is 4.35. The first-order chi connectivity index (χ1) is 11.8. The van der Waals surface area contributed by atoms with E-state index in [1.807, 2.05) is 48.5 Å². The van der Waals surface area contributed by atoms with Crippen LogP contribution in [0.2, 0.25) is 0 Å². The maximum absolute atomic E-state index is 11.5. The highest BCUT2D eigenvalue weighted by molar-refractivity contribution is 5.84. The maximum atomic E-state index is 11.5. The lowest BCUT2D eigenvalue weighted by molar-refractivity contribution is -0.122. The van der Waals surface area contributed by atoms with Gasteiger partial charge >= 0.3 is 0 Å². The highest BCUT2D eigenvalue weighted by atomic mass is 16.5. The zero-order valence-corrected chi connectivity index (χ0v) is 13.6. The third-order valence-electron chi connectivity index (χ3n) is 3.76. The molecule has 2 aromatic rings. The van der Waals surface area contributed by atoms with Gasteiger partial charge in [0.1, 0.15) is 6.61 Å². The highest BCUT2D eigenvalue weighted by Crippen LogP contribution is 2.29. The number of nitrogens with one attached hydrogen (secondary N) is 1. The van der Waals surface area contributed by atoms with Crippen molar-refractivity contribution in [2.75, 3.05) is 7.11 Å². The van der Waals surface area contributed by atoms with Crippen LogP contribution in [0.25, 0.3) is 0 Å². The van der Waals surface area contributed by atoms with Crippen molar-refractivity contribution in [3.63, 3.8) is 0 Å². The molecular weight excluding hydrogens is 304 g/mol. The molecule has 1 aliphatic carbocycles. The number of rotatable bonds is 7. The van der Waals surface area contributed by atoms with Gasteiger partial charge in [-0.1, -0.05) is 30.3 Å². The summed E-state index contributed by atoms with van der Waals surface area (Å²) in [5, 5.41) is 3.98. The molecule has 0 aromatic heterocycles. The molecule has 3 rings (SSSR count). The van der Waals surface area contributed by atoms with E-state index in [1.165, 1.54) is 0 Å². The number of amides is 1. The van der Waals surface area contributed by atoms with Gasteiger partial charge in [0.15, 0.2) is 11.5 Å². The van der Waals surface area contributed by atoms with E-state index in [1.54, 1.807) is 13.3 Å². The number of hydrogen-bond donors (Lipinski definition) is 1. The molecule has 0 spiro atoms. The van der Waals surface area contributed by atoms with Crippen molar-refractivity contribution in [2.45, 2.75) is 19.4 Å². The standard InChI is InChI=1S/C19H20N2O3/c1-23-18-11-15(12-20-21-19(22)16-8-9-16)7-10-17(18)24-13-14-5-3-2-4-6-14/h2-7,10-12,16H,8-9,13H2,1H3,(H,21,22)/b20-12+. The monoisotopic (exact) mass is 324 g/mol. The van der Waals surface area contributed by atoms with Crippen LogP contribution in [-0.2, 0) is 11.4 Å². The highest BCUT2D eigenvalue weighted by Gasteiger charge is 2.29. The number of nitrogens with zero attached hydrogens (tertiary/aromatic N) is 1. The molecule has 0 heterocycles. The van der Waals surface area contributed by atoms with E-state index in [4.69, 9.17) is 9.47 Å². The fourth-order valence-corrected chi connectivity index (χ4v) is 2.23. The lowest BCUT2D eigenvalue weighted by Gasteiger charge is -2.11. The lowest BCUT2D eigenvalue weighted by atomic mass is 10.2. The fourth-order valence-electron chi connectivity index (χ4n) is 2.23. The molecular formula is C19H20N2O3. The van der Waals surface area contributed by atoms with Crippen LogP contribution in [0.1, 0.15) is 24.0 Å². The molecule has 0 radical (unpaired) electrons. The van der Waals surface area contributed by atoms with Crippen LogP contribution >= 0.6 is 0 Å². The van der Waals surface area contributed by atoms with E-state index in [0.717, 1.165) is 24.0 Å². The Labute approximate surface area is 141 Å². The van der Waals surface area contributed by atoms with Crippen LogP contribution in [0.15, 0.2) is 53.6 Å². The van der Waals surface area contributed by atoms with Crippen molar-refractivity contribution in [1.82, 2.24) is 5.43 Å². The summed E-state index contributed by atoms with van der Waals surface area (Å²) < 4.78 is 11.2. The molecule has 1 amide bonds. The predicted molar refractivity (Wildman–Crippen MR) is 92.2 cm³/mol. The zero-order chi connectivity index (χ0) is 16.8. The molecule has 0 bridgehead atoms. The van der Waals surface area contributed by atoms with E-state index in [0.29, 0.717) is 18.1 Å². The molecule has 5 nitrogen and oxygen atoms in total. The summed E-state index contributed by atoms with van der Waals surface area (Å²) in [4.78, 5) is 11.5. The van der Waals surface area contributed by atoms with Crippen molar-refractivity contribution in [3.8, 4) is 11.5 Å². The normalized spacial score (nSPS) is 13.7. The van der Waals surface area contributed by atoms with Gasteiger partial charge in [0.05, 0.1) is 13.3 Å². The van der Waals surface area contributed by atoms with E-state index >= 15 is 0 Å². The Balaban J connectivity index is 1.61. The molecule has 124 valence electrons. The summed E-state index contributed by atoms with van der Waals surface area (Å²) in [6.45, 7) is 0.474. The van der Waals surface area contributed by atoms with Gasteiger partial charge in [-0.25, -0.2) is 5.43 Å². The number of carbonyl (C=O) groups is 1. The second-order valence-electron chi connectivity index (χ2n) is 5.69. The molecule has 1 fully saturated rings. The van der Waals surface area contributed by atoms with Gasteiger partial charge < -0.3 is 9.47 Å². The van der Waals surface area contributed by atoms with Crippen LogP contribution in [0.5, 0.6) is 11.5 Å². The average Bonchev–Trinajstić information content (AvgIpc) is 3.46. The number of hydrogen-bond acceptors (Lipinski definition) is 4. The zero-order valence-electron chi connectivity index (χ0n) is 13.6. The Kier molecular flexibility index (Phi) is 5.11. The number of hydrazone groups is 1. The van der Waals surface area contributed by atoms with Crippen LogP contribution < -0.4 is 14.9 Å². The Morgan fingerprint density at radius 3 is 2.71 bits per heavy atom. The van der Waals surface area contributed by atoms with Crippen molar-refractivity contribution in [1.29, 1.82) is 0 Å². The van der Waals surface area contributed by atoms with Gasteiger partial charge in [-0.3, -0.25) is 4.79 Å². The van der Waals surface area contributed by atoms with Gasteiger partial charge in [-0.15, -0.1) is 0 Å². The first-order valence-electron chi connectivity index (χ1n) is 7.94. The van der Waals surface area contributed by atoms with Crippen LogP contribution in [0.3, 0.4) is 0 Å². The minimum atomic E-state index is -0.0129. The van der Waals surface area contributed by atoms with Gasteiger partial charge in [0.25, 0.3) is 0 Å². The number of benzene rings is 2. The molecule has 1 aliphatic rings. The topological polar surface area (TPSA) is 59.9 Å². The Morgan fingerprint density at radius 2 is 2.00 bits per heavy atom. The Morgan fingerprint density at radius 1 is 1.21 bits per heavy atom. The SMILES string of the molecule is COc1cc(/C=N/NC(=O)C2CC2)ccc1OCc1ccccc1. The first-order valence-corrected chi connectivity index (χ1v) is 7.94. The quantitative estimate of drug-likeness (QED) is 0.629. The second kappa shape index (κ2) is 7.64. The number of ether oxygens (including phenoxy) is 2. The van der Waals surface area contributed by atoms with Crippen molar-refractivity contribution in [2.24, 2.45) is 11.0 Å². The Bertz CT molecular complexity index is 725. The molecule has 0 atom stereocenters. The van der Waals surface area contributed by atoms with Crippen molar-refractivity contribution >= 4 is 12.1 Å². The van der Waals surface area contributed by atoms with Gasteiger partial charge in [0.2, 0.25) is 5.91 Å². The first kappa shape index (κ1) is 16.1. The molecule has 0 aliphatic heterocycles. The molecule has 0 unspecified atom stereocenters. The van der Waals surface area contributed by atoms with Crippen LogP contribution in [-0.4, -0.2) is 19.2 Å². The van der Waals surface area contributed by atoms with Crippen molar-refractivity contribution in [3.05, 3.63) is 59.7 Å². The van der Waals surface area contributed by atoms with Crippen LogP contribution in [0, 0.1) is 5.92 Å². The van der Waals surface area contributed by atoms with Crippen molar-refractivity contribution < 1.29 is 14.3 Å². The maximum Gasteiger partial charge on any atom is 0.243 e. The summed E-state index contributed by atoms with van der Waals surface area (Å²) in [6, 6.07) is 15.5. The summed E-state index contributed by atoms with van der Waals surface area (Å²) in [7, 11) is 1.60.